The molecule has 8 heteroatoms. The molecule has 1 fully saturated rings. The number of thiazole rings is 1. The molecule has 27 heavy (non-hydrogen) atoms. The number of guanidine groups is 1. The number of piperazine rings is 1. The summed E-state index contributed by atoms with van der Waals surface area (Å²) in [6.07, 6.45) is 1.93. The van der Waals surface area contributed by atoms with Crippen LogP contribution in [0.4, 0.5) is 5.69 Å². The maximum absolute atomic E-state index is 5.24. The maximum atomic E-state index is 5.24. The van der Waals surface area contributed by atoms with Crippen LogP contribution in [-0.2, 0) is 6.54 Å². The molecule has 148 valence electrons. The van der Waals surface area contributed by atoms with Crippen LogP contribution >= 0.6 is 35.3 Å². The first-order valence-corrected chi connectivity index (χ1v) is 9.85. The number of anilines is 1. The molecule has 0 saturated carbocycles. The van der Waals surface area contributed by atoms with Crippen LogP contribution in [-0.4, -0.2) is 55.7 Å². The summed E-state index contributed by atoms with van der Waals surface area (Å²) < 4.78 is 5.24. The van der Waals surface area contributed by atoms with Crippen LogP contribution < -0.4 is 15.0 Å². The number of hydrogen-bond acceptors (Lipinski definition) is 5. The standard InChI is InChI=1S/C19H27N5OS.HI/c1-4-20-19(22-14-18-13-21-15(2)26-18)24-11-9-23(10-12-24)16-5-7-17(25-3)8-6-16;/h5-8,13H,4,9-12,14H2,1-3H3,(H,20,22);1H. The Labute approximate surface area is 182 Å². The number of nitrogens with one attached hydrogen (secondary N) is 1. The fourth-order valence-electron chi connectivity index (χ4n) is 3.03. The molecule has 0 unspecified atom stereocenters. The molecule has 3 rings (SSSR count). The lowest BCUT2D eigenvalue weighted by atomic mass is 10.2. The molecule has 1 aliphatic heterocycles. The molecule has 2 heterocycles. The minimum Gasteiger partial charge on any atom is -0.497 e. The van der Waals surface area contributed by atoms with Gasteiger partial charge in [0.05, 0.1) is 18.7 Å². The first-order chi connectivity index (χ1) is 12.7. The average Bonchev–Trinajstić information content (AvgIpc) is 3.10. The van der Waals surface area contributed by atoms with E-state index in [0.717, 1.165) is 49.4 Å². The predicted octanol–water partition coefficient (Wildman–Crippen LogP) is 3.37. The number of halogens is 1. The minimum absolute atomic E-state index is 0. The van der Waals surface area contributed by atoms with Crippen LogP contribution in [0.5, 0.6) is 5.75 Å². The van der Waals surface area contributed by atoms with Gasteiger partial charge in [0.2, 0.25) is 0 Å². The normalized spacial score (nSPS) is 14.7. The number of methoxy groups -OCH3 is 1. The Morgan fingerprint density at radius 3 is 2.48 bits per heavy atom. The van der Waals surface area contributed by atoms with Crippen molar-refractivity contribution in [2.24, 2.45) is 4.99 Å². The summed E-state index contributed by atoms with van der Waals surface area (Å²) in [5.74, 6) is 1.89. The monoisotopic (exact) mass is 501 g/mol. The number of aliphatic imine (C=N–C) groups is 1. The molecule has 0 bridgehead atoms. The molecule has 1 aliphatic rings. The van der Waals surface area contributed by atoms with Crippen molar-refractivity contribution in [3.63, 3.8) is 0 Å². The summed E-state index contributed by atoms with van der Waals surface area (Å²) >= 11 is 1.71. The molecular formula is C19H28IN5OS. The number of nitrogens with zero attached hydrogens (tertiary/aromatic N) is 4. The molecule has 0 spiro atoms. The van der Waals surface area contributed by atoms with Gasteiger partial charge in [-0.05, 0) is 38.1 Å². The van der Waals surface area contributed by atoms with Crippen molar-refractivity contribution >= 4 is 47.0 Å². The second kappa shape index (κ2) is 10.7. The van der Waals surface area contributed by atoms with E-state index in [0.29, 0.717) is 6.54 Å². The van der Waals surface area contributed by atoms with Gasteiger partial charge in [0.25, 0.3) is 0 Å². The number of ether oxygens (including phenoxy) is 1. The summed E-state index contributed by atoms with van der Waals surface area (Å²) in [6.45, 7) is 9.58. The Kier molecular flexibility index (Phi) is 8.62. The lowest BCUT2D eigenvalue weighted by molar-refractivity contribution is 0.372. The number of hydrogen-bond donors (Lipinski definition) is 1. The third-order valence-electron chi connectivity index (χ3n) is 4.41. The molecule has 0 amide bonds. The lowest BCUT2D eigenvalue weighted by Gasteiger charge is -2.37. The third kappa shape index (κ3) is 5.97. The Morgan fingerprint density at radius 2 is 1.93 bits per heavy atom. The van der Waals surface area contributed by atoms with Crippen LogP contribution in [0.25, 0.3) is 0 Å². The minimum atomic E-state index is 0. The zero-order valence-electron chi connectivity index (χ0n) is 16.1. The van der Waals surface area contributed by atoms with Crippen molar-refractivity contribution in [2.45, 2.75) is 20.4 Å². The predicted molar refractivity (Wildman–Crippen MR) is 124 cm³/mol. The van der Waals surface area contributed by atoms with Gasteiger partial charge in [0.1, 0.15) is 5.75 Å². The van der Waals surface area contributed by atoms with Gasteiger partial charge in [-0.15, -0.1) is 35.3 Å². The molecule has 1 aromatic heterocycles. The van der Waals surface area contributed by atoms with Gasteiger partial charge in [0.15, 0.2) is 5.96 Å². The average molecular weight is 501 g/mol. The largest absolute Gasteiger partial charge is 0.497 e. The van der Waals surface area contributed by atoms with Gasteiger partial charge in [-0.3, -0.25) is 0 Å². The van der Waals surface area contributed by atoms with Crippen molar-refractivity contribution in [1.82, 2.24) is 15.2 Å². The summed E-state index contributed by atoms with van der Waals surface area (Å²) in [5.41, 5.74) is 1.24. The van der Waals surface area contributed by atoms with Crippen LogP contribution in [0.15, 0.2) is 35.5 Å². The second-order valence-corrected chi connectivity index (χ2v) is 7.51. The van der Waals surface area contributed by atoms with E-state index in [2.05, 4.69) is 39.2 Å². The van der Waals surface area contributed by atoms with E-state index in [9.17, 15) is 0 Å². The van der Waals surface area contributed by atoms with E-state index in [4.69, 9.17) is 9.73 Å². The van der Waals surface area contributed by atoms with Gasteiger partial charge >= 0.3 is 0 Å². The van der Waals surface area contributed by atoms with Crippen LogP contribution in [0, 0.1) is 6.92 Å². The molecule has 1 saturated heterocycles. The molecule has 2 aromatic rings. The summed E-state index contributed by atoms with van der Waals surface area (Å²) in [4.78, 5) is 15.1. The van der Waals surface area contributed by atoms with E-state index in [-0.39, 0.29) is 24.0 Å². The highest BCUT2D eigenvalue weighted by atomic mass is 127. The topological polar surface area (TPSA) is 53.0 Å². The molecule has 0 radical (unpaired) electrons. The van der Waals surface area contributed by atoms with Crippen molar-refractivity contribution in [3.05, 3.63) is 40.3 Å². The van der Waals surface area contributed by atoms with E-state index in [1.165, 1.54) is 10.6 Å². The Hall–Kier alpha value is -1.55. The zero-order chi connectivity index (χ0) is 18.4. The van der Waals surface area contributed by atoms with Gasteiger partial charge in [0, 0.05) is 49.5 Å². The smallest absolute Gasteiger partial charge is 0.194 e. The molecule has 1 aromatic carbocycles. The van der Waals surface area contributed by atoms with Crippen molar-refractivity contribution in [2.75, 3.05) is 44.7 Å². The number of aromatic nitrogens is 1. The highest BCUT2D eigenvalue weighted by molar-refractivity contribution is 14.0. The third-order valence-corrected chi connectivity index (χ3v) is 5.30. The van der Waals surface area contributed by atoms with Gasteiger partial charge in [-0.2, -0.15) is 0 Å². The lowest BCUT2D eigenvalue weighted by Crippen LogP contribution is -2.52. The summed E-state index contributed by atoms with van der Waals surface area (Å²) in [5, 5.41) is 4.52. The quantitative estimate of drug-likeness (QED) is 0.387. The SMILES string of the molecule is CCNC(=NCc1cnc(C)s1)N1CCN(c2ccc(OC)cc2)CC1.I. The zero-order valence-corrected chi connectivity index (χ0v) is 19.3. The highest BCUT2D eigenvalue weighted by Gasteiger charge is 2.20. The van der Waals surface area contributed by atoms with E-state index >= 15 is 0 Å². The number of aryl methyl sites for hydroxylation is 1. The highest BCUT2D eigenvalue weighted by Crippen LogP contribution is 2.20. The Balaban J connectivity index is 0.00000261. The fourth-order valence-corrected chi connectivity index (χ4v) is 3.75. The first kappa shape index (κ1) is 21.7. The van der Waals surface area contributed by atoms with E-state index in [1.54, 1.807) is 18.4 Å². The van der Waals surface area contributed by atoms with Crippen molar-refractivity contribution in [3.8, 4) is 5.75 Å². The fraction of sp³-hybridized carbons (Fsp3) is 0.474. The Bertz CT molecular complexity index is 726. The van der Waals surface area contributed by atoms with Crippen molar-refractivity contribution in [1.29, 1.82) is 0 Å². The molecule has 1 N–H and O–H groups in total. The van der Waals surface area contributed by atoms with Gasteiger partial charge in [-0.25, -0.2) is 9.98 Å². The summed E-state index contributed by atoms with van der Waals surface area (Å²) in [7, 11) is 1.70. The number of rotatable bonds is 5. The van der Waals surface area contributed by atoms with Crippen LogP contribution in [0.3, 0.4) is 0 Å². The first-order valence-electron chi connectivity index (χ1n) is 9.03. The molecule has 0 atom stereocenters. The molecule has 6 nitrogen and oxygen atoms in total. The van der Waals surface area contributed by atoms with Gasteiger partial charge in [-0.1, -0.05) is 0 Å². The number of benzene rings is 1. The van der Waals surface area contributed by atoms with Crippen LogP contribution in [0.2, 0.25) is 0 Å². The van der Waals surface area contributed by atoms with Crippen molar-refractivity contribution < 1.29 is 4.74 Å². The maximum Gasteiger partial charge on any atom is 0.194 e. The van der Waals surface area contributed by atoms with E-state index < -0.39 is 0 Å². The second-order valence-electron chi connectivity index (χ2n) is 6.19. The molecule has 0 aliphatic carbocycles. The van der Waals surface area contributed by atoms with Crippen LogP contribution in [0.1, 0.15) is 16.8 Å². The Morgan fingerprint density at radius 1 is 1.22 bits per heavy atom. The van der Waals surface area contributed by atoms with E-state index in [1.807, 2.05) is 25.3 Å². The molecular weight excluding hydrogens is 473 g/mol. The van der Waals surface area contributed by atoms with Gasteiger partial charge < -0.3 is 19.9 Å². The summed E-state index contributed by atoms with van der Waals surface area (Å²) in [6, 6.07) is 8.29.